The molecule has 0 amide bonds. The zero-order chi connectivity index (χ0) is 25.9. The van der Waals surface area contributed by atoms with Crippen LogP contribution < -0.4 is 4.74 Å². The Hall–Kier alpha value is -3.50. The van der Waals surface area contributed by atoms with E-state index in [1.165, 1.54) is 41.0 Å². The molecule has 0 saturated carbocycles. The van der Waals surface area contributed by atoms with Gasteiger partial charge in [-0.05, 0) is 84.5 Å². The molecule has 0 aliphatic heterocycles. The van der Waals surface area contributed by atoms with Crippen molar-refractivity contribution in [3.63, 3.8) is 0 Å². The van der Waals surface area contributed by atoms with Gasteiger partial charge in [0.1, 0.15) is 28.1 Å². The molecule has 4 aromatic carbocycles. The predicted octanol–water partition coefficient (Wildman–Crippen LogP) is 9.96. The largest absolute Gasteiger partial charge is 0.493 e. The maximum Gasteiger partial charge on any atom is 0.139 e. The first-order valence-electron chi connectivity index (χ1n) is 14.2. The van der Waals surface area contributed by atoms with Crippen LogP contribution in [0.2, 0.25) is 0 Å². The normalized spacial score (nSPS) is 12.1. The van der Waals surface area contributed by atoms with E-state index in [1.807, 2.05) is 6.07 Å². The third-order valence-electron chi connectivity index (χ3n) is 7.47. The van der Waals surface area contributed by atoms with E-state index in [9.17, 15) is 0 Å². The molecule has 0 unspecified atom stereocenters. The van der Waals surface area contributed by atoms with Crippen LogP contribution in [0.1, 0.15) is 57.9 Å². The Bertz CT molecular complexity index is 1580. The van der Waals surface area contributed by atoms with Gasteiger partial charge in [0.15, 0.2) is 0 Å². The molecule has 6 rings (SSSR count). The van der Waals surface area contributed by atoms with Crippen LogP contribution in [-0.2, 0) is 11.2 Å². The molecule has 38 heavy (non-hydrogen) atoms. The van der Waals surface area contributed by atoms with Gasteiger partial charge >= 0.3 is 0 Å². The Labute approximate surface area is 223 Å². The number of rotatable bonds is 12. The van der Waals surface area contributed by atoms with Gasteiger partial charge in [0.2, 0.25) is 0 Å². The molecule has 0 fully saturated rings. The second kappa shape index (κ2) is 11.1. The van der Waals surface area contributed by atoms with Gasteiger partial charge < -0.3 is 18.3 Å². The van der Waals surface area contributed by atoms with Crippen LogP contribution in [0.5, 0.6) is 5.75 Å². The summed E-state index contributed by atoms with van der Waals surface area (Å²) in [6.07, 6.45) is 7.86. The maximum absolute atomic E-state index is 6.33. The minimum Gasteiger partial charge on any atom is -0.493 e. The van der Waals surface area contributed by atoms with Crippen molar-refractivity contribution in [3.05, 3.63) is 66.2 Å². The van der Waals surface area contributed by atoms with Crippen LogP contribution in [0, 0.1) is 0 Å². The van der Waals surface area contributed by atoms with Gasteiger partial charge in [-0.25, -0.2) is 0 Å². The van der Waals surface area contributed by atoms with Crippen LogP contribution >= 0.6 is 0 Å². The molecule has 0 spiro atoms. The summed E-state index contributed by atoms with van der Waals surface area (Å²) in [5, 5.41) is 6.95. The number of aryl methyl sites for hydroxylation is 1. The van der Waals surface area contributed by atoms with Crippen molar-refractivity contribution in [3.8, 4) is 5.75 Å². The second-order valence-corrected chi connectivity index (χ2v) is 10.3. The van der Waals surface area contributed by atoms with E-state index in [-0.39, 0.29) is 0 Å². The highest BCUT2D eigenvalue weighted by molar-refractivity contribution is 6.27. The number of hydrogen-bond donors (Lipinski definition) is 0. The van der Waals surface area contributed by atoms with Gasteiger partial charge in [0.05, 0.1) is 6.61 Å². The van der Waals surface area contributed by atoms with Crippen LogP contribution in [-0.4, -0.2) is 19.8 Å². The third-order valence-corrected chi connectivity index (χ3v) is 7.47. The first-order valence-corrected chi connectivity index (χ1v) is 14.2. The summed E-state index contributed by atoms with van der Waals surface area (Å²) >= 11 is 0. The van der Waals surface area contributed by atoms with Gasteiger partial charge in [0, 0.05) is 40.8 Å². The third kappa shape index (κ3) is 4.74. The van der Waals surface area contributed by atoms with Crippen molar-refractivity contribution < 1.29 is 18.3 Å². The lowest BCUT2D eigenvalue weighted by atomic mass is 9.99. The molecule has 2 heterocycles. The molecular weight excluding hydrogens is 472 g/mol. The minimum atomic E-state index is 0.745. The van der Waals surface area contributed by atoms with Crippen molar-refractivity contribution in [2.45, 2.75) is 58.8 Å². The van der Waals surface area contributed by atoms with Gasteiger partial charge in [0.25, 0.3) is 0 Å². The van der Waals surface area contributed by atoms with Crippen LogP contribution in [0.4, 0.5) is 0 Å². The molecule has 0 atom stereocenters. The molecule has 0 N–H and O–H groups in total. The molecule has 0 saturated heterocycles. The van der Waals surface area contributed by atoms with Gasteiger partial charge in [-0.3, -0.25) is 0 Å². The number of fused-ring (bicyclic) bond motifs is 9. The number of hydrogen-bond acceptors (Lipinski definition) is 4. The summed E-state index contributed by atoms with van der Waals surface area (Å²) in [5.74, 6) is 0.869. The number of benzene rings is 4. The lowest BCUT2D eigenvalue weighted by Gasteiger charge is -2.05. The Balaban J connectivity index is 1.34. The summed E-state index contributed by atoms with van der Waals surface area (Å²) in [7, 11) is 0. The second-order valence-electron chi connectivity index (χ2n) is 10.3. The van der Waals surface area contributed by atoms with Gasteiger partial charge in [-0.2, -0.15) is 0 Å². The van der Waals surface area contributed by atoms with Crippen molar-refractivity contribution in [1.82, 2.24) is 0 Å². The standard InChI is InChI=1S/C34H36O4/c1-3-5-6-7-20-36-24-11-13-28-32(22-24)38-30-17-15-25-26(34(28)30)14-16-29-33(25)27-12-10-23(21-31(27)37-29)9-8-19-35-18-4-2/h10-17,21-22H,3-9,18-20H2,1-2H3. The number of unbranched alkanes of at least 4 members (excludes halogenated alkanes) is 3. The molecule has 0 aliphatic carbocycles. The van der Waals surface area contributed by atoms with Crippen LogP contribution in [0.25, 0.3) is 54.6 Å². The smallest absolute Gasteiger partial charge is 0.139 e. The van der Waals surface area contributed by atoms with Crippen molar-refractivity contribution in [2.75, 3.05) is 19.8 Å². The first-order chi connectivity index (χ1) is 18.8. The first kappa shape index (κ1) is 24.8. The van der Waals surface area contributed by atoms with Crippen molar-refractivity contribution in [2.24, 2.45) is 0 Å². The highest BCUT2D eigenvalue weighted by Gasteiger charge is 2.16. The summed E-state index contributed by atoms with van der Waals surface area (Å²) in [6.45, 7) is 6.75. The molecule has 0 aliphatic rings. The summed E-state index contributed by atoms with van der Waals surface area (Å²) < 4.78 is 24.3. The van der Waals surface area contributed by atoms with E-state index in [1.54, 1.807) is 0 Å². The van der Waals surface area contributed by atoms with Crippen molar-refractivity contribution >= 4 is 54.6 Å². The molecule has 196 valence electrons. The Kier molecular flexibility index (Phi) is 7.24. The minimum absolute atomic E-state index is 0.745. The van der Waals surface area contributed by atoms with E-state index >= 15 is 0 Å². The predicted molar refractivity (Wildman–Crippen MR) is 158 cm³/mol. The zero-order valence-electron chi connectivity index (χ0n) is 22.5. The van der Waals surface area contributed by atoms with E-state index < -0.39 is 0 Å². The molecule has 0 bridgehead atoms. The summed E-state index contributed by atoms with van der Waals surface area (Å²) in [4.78, 5) is 0. The highest BCUT2D eigenvalue weighted by Crippen LogP contribution is 2.41. The average molecular weight is 509 g/mol. The fourth-order valence-electron chi connectivity index (χ4n) is 5.57. The van der Waals surface area contributed by atoms with E-state index in [0.29, 0.717) is 0 Å². The number of ether oxygens (including phenoxy) is 2. The fraction of sp³-hybridized carbons (Fsp3) is 0.353. The monoisotopic (exact) mass is 508 g/mol. The molecule has 4 heteroatoms. The zero-order valence-corrected chi connectivity index (χ0v) is 22.5. The molecular formula is C34H36O4. The van der Waals surface area contributed by atoms with Gasteiger partial charge in [-0.15, -0.1) is 0 Å². The van der Waals surface area contributed by atoms with E-state index in [4.69, 9.17) is 18.3 Å². The van der Waals surface area contributed by atoms with Crippen molar-refractivity contribution in [1.29, 1.82) is 0 Å². The molecule has 6 aromatic rings. The quantitative estimate of drug-likeness (QED) is 0.154. The summed E-state index contributed by atoms with van der Waals surface area (Å²) in [6, 6.07) is 21.4. The molecule has 2 aromatic heterocycles. The van der Waals surface area contributed by atoms with E-state index in [0.717, 1.165) is 89.7 Å². The van der Waals surface area contributed by atoms with Crippen LogP contribution in [0.15, 0.2) is 69.5 Å². The molecule has 0 radical (unpaired) electrons. The Morgan fingerprint density at radius 3 is 1.95 bits per heavy atom. The average Bonchev–Trinajstić information content (AvgIpc) is 3.50. The van der Waals surface area contributed by atoms with Gasteiger partial charge in [-0.1, -0.05) is 45.2 Å². The molecule has 4 nitrogen and oxygen atoms in total. The maximum atomic E-state index is 6.33. The Morgan fingerprint density at radius 1 is 0.553 bits per heavy atom. The lowest BCUT2D eigenvalue weighted by molar-refractivity contribution is 0.132. The highest BCUT2D eigenvalue weighted by atomic mass is 16.5. The number of furan rings is 2. The SMILES string of the molecule is CCCCCCOc1ccc2c(c1)oc1ccc3c(ccc4oc5cc(CCCOCCC)ccc5c43)c12. The topological polar surface area (TPSA) is 44.7 Å². The van der Waals surface area contributed by atoms with Crippen LogP contribution in [0.3, 0.4) is 0 Å². The summed E-state index contributed by atoms with van der Waals surface area (Å²) in [5.41, 5.74) is 4.90. The Morgan fingerprint density at radius 2 is 1.24 bits per heavy atom. The fourth-order valence-corrected chi connectivity index (χ4v) is 5.57. The lowest BCUT2D eigenvalue weighted by Crippen LogP contribution is -1.97. The van der Waals surface area contributed by atoms with E-state index in [2.05, 4.69) is 68.4 Å².